The maximum atomic E-state index is 12.2. The number of carbonyl (C=O) groups excluding carboxylic acids is 1. The fourth-order valence-corrected chi connectivity index (χ4v) is 5.89. The van der Waals surface area contributed by atoms with Gasteiger partial charge in [0.15, 0.2) is 0 Å². The molecule has 0 fully saturated rings. The van der Waals surface area contributed by atoms with Crippen molar-refractivity contribution in [1.29, 1.82) is 0 Å². The van der Waals surface area contributed by atoms with Gasteiger partial charge in [0.1, 0.15) is 12.6 Å². The van der Waals surface area contributed by atoms with E-state index in [-0.39, 0.29) is 12.6 Å². The van der Waals surface area contributed by atoms with Crippen LogP contribution in [0.2, 0.25) is 5.02 Å². The molecule has 4 N–H and O–H groups in total. The lowest BCUT2D eigenvalue weighted by Crippen LogP contribution is -2.35. The van der Waals surface area contributed by atoms with Crippen LogP contribution in [0.4, 0.5) is 5.69 Å². The maximum Gasteiger partial charge on any atom is 0.322 e. The summed E-state index contributed by atoms with van der Waals surface area (Å²) in [6.45, 7) is 9.43. The lowest BCUT2D eigenvalue weighted by molar-refractivity contribution is -0.147. The van der Waals surface area contributed by atoms with E-state index < -0.39 is 27.6 Å². The summed E-state index contributed by atoms with van der Waals surface area (Å²) in [4.78, 5) is 17.5. The van der Waals surface area contributed by atoms with Crippen LogP contribution < -0.4 is 15.2 Å². The summed E-state index contributed by atoms with van der Waals surface area (Å²) in [5.41, 5.74) is 9.19. The Labute approximate surface area is 227 Å². The number of thiophene rings is 1. The Morgan fingerprint density at radius 2 is 1.92 bits per heavy atom. The van der Waals surface area contributed by atoms with Crippen LogP contribution in [-0.2, 0) is 25.2 Å². The molecular formula is C26H33ClN4O4S2. The highest BCUT2D eigenvalue weighted by Gasteiger charge is 2.26. The first-order valence-electron chi connectivity index (χ1n) is 11.9. The highest BCUT2D eigenvalue weighted by atomic mass is 35.5. The van der Waals surface area contributed by atoms with E-state index in [0.29, 0.717) is 17.1 Å². The van der Waals surface area contributed by atoms with Crippen LogP contribution in [0.25, 0.3) is 21.6 Å². The average Bonchev–Trinajstić information content (AvgIpc) is 3.31. The molecule has 0 bridgehead atoms. The van der Waals surface area contributed by atoms with E-state index >= 15 is 0 Å². The number of halogens is 1. The van der Waals surface area contributed by atoms with Gasteiger partial charge in [0.05, 0.1) is 10.7 Å². The number of hydrogen-bond acceptors (Lipinski definition) is 7. The first-order chi connectivity index (χ1) is 17.3. The van der Waals surface area contributed by atoms with Gasteiger partial charge in [-0.05, 0) is 73.2 Å². The van der Waals surface area contributed by atoms with E-state index in [2.05, 4.69) is 14.4 Å². The number of carbonyl (C=O) groups is 1. The summed E-state index contributed by atoms with van der Waals surface area (Å²) >= 11 is 8.06. The highest BCUT2D eigenvalue weighted by molar-refractivity contribution is 7.90. The zero-order valence-corrected chi connectivity index (χ0v) is 23.9. The Bertz CT molecular complexity index is 1360. The summed E-state index contributed by atoms with van der Waals surface area (Å²) in [5.74, 6) is -0.416. The quantitative estimate of drug-likeness (QED) is 0.270. The van der Waals surface area contributed by atoms with Gasteiger partial charge in [-0.1, -0.05) is 32.4 Å². The zero-order chi connectivity index (χ0) is 27.4. The SMILES string of the molecule is CCC(N)C(=O)OCC(C)(C)c1cc(-c2csc(-c3ccc(NS(=O)(=O)NC(C)C)cc3Cl)c2)ccn1. The molecule has 0 amide bonds. The summed E-state index contributed by atoms with van der Waals surface area (Å²) in [6, 6.07) is 10.1. The molecule has 11 heteroatoms. The van der Waals surface area contributed by atoms with Crippen LogP contribution in [0, 0.1) is 0 Å². The molecule has 1 aromatic carbocycles. The Kier molecular flexibility index (Phi) is 9.36. The minimum Gasteiger partial charge on any atom is -0.464 e. The van der Waals surface area contributed by atoms with Crippen molar-refractivity contribution in [3.8, 4) is 21.6 Å². The van der Waals surface area contributed by atoms with Crippen LogP contribution in [0.5, 0.6) is 0 Å². The van der Waals surface area contributed by atoms with Gasteiger partial charge < -0.3 is 10.5 Å². The number of anilines is 1. The predicted octanol–water partition coefficient (Wildman–Crippen LogP) is 5.34. The second kappa shape index (κ2) is 11.9. The Balaban J connectivity index is 1.78. The van der Waals surface area contributed by atoms with E-state index in [1.807, 2.05) is 44.4 Å². The molecule has 8 nitrogen and oxygen atoms in total. The largest absolute Gasteiger partial charge is 0.464 e. The minimum absolute atomic E-state index is 0.170. The van der Waals surface area contributed by atoms with Crippen molar-refractivity contribution < 1.29 is 17.9 Å². The third kappa shape index (κ3) is 7.75. The summed E-state index contributed by atoms with van der Waals surface area (Å²) in [6.07, 6.45) is 2.26. The number of pyridine rings is 1. The van der Waals surface area contributed by atoms with Gasteiger partial charge in [-0.3, -0.25) is 14.5 Å². The normalized spacial score (nSPS) is 13.0. The third-order valence-electron chi connectivity index (χ3n) is 5.58. The standard InChI is InChI=1S/C26H33ClN4O4S2/c1-6-22(28)25(32)35-15-26(4,5)24-12-17(9-10-29-24)18-11-23(36-14-18)20-8-7-19(13-21(20)27)31-37(33,34)30-16(2)3/h7-14,16,22,30-31H,6,15,28H2,1-5H3. The minimum atomic E-state index is -3.69. The monoisotopic (exact) mass is 564 g/mol. The number of esters is 1. The number of nitrogens with two attached hydrogens (primary N) is 1. The van der Waals surface area contributed by atoms with Crippen molar-refractivity contribution in [3.05, 3.63) is 58.7 Å². The average molecular weight is 565 g/mol. The lowest BCUT2D eigenvalue weighted by atomic mass is 9.88. The second-order valence-corrected chi connectivity index (χ2v) is 12.5. The molecule has 37 heavy (non-hydrogen) atoms. The molecule has 0 aliphatic rings. The van der Waals surface area contributed by atoms with Crippen molar-refractivity contribution >= 4 is 44.8 Å². The Morgan fingerprint density at radius 1 is 1.19 bits per heavy atom. The molecule has 0 spiro atoms. The second-order valence-electron chi connectivity index (χ2n) is 9.71. The van der Waals surface area contributed by atoms with Crippen molar-refractivity contribution in [2.24, 2.45) is 5.73 Å². The van der Waals surface area contributed by atoms with Crippen molar-refractivity contribution in [2.75, 3.05) is 11.3 Å². The summed E-state index contributed by atoms with van der Waals surface area (Å²) < 4.78 is 34.7. The van der Waals surface area contributed by atoms with Crippen molar-refractivity contribution in [1.82, 2.24) is 9.71 Å². The number of aromatic nitrogens is 1. The summed E-state index contributed by atoms with van der Waals surface area (Å²) in [5, 5.41) is 2.46. The number of nitrogens with zero attached hydrogens (tertiary/aromatic N) is 1. The molecule has 2 aromatic heterocycles. The van der Waals surface area contributed by atoms with Crippen LogP contribution in [0.15, 0.2) is 48.0 Å². The third-order valence-corrected chi connectivity index (χ3v) is 8.14. The molecule has 3 aromatic rings. The number of nitrogens with one attached hydrogen (secondary N) is 2. The van der Waals surface area contributed by atoms with E-state index in [1.54, 1.807) is 38.2 Å². The van der Waals surface area contributed by atoms with Crippen molar-refractivity contribution in [2.45, 2.75) is 58.5 Å². The van der Waals surface area contributed by atoms with E-state index in [4.69, 9.17) is 22.1 Å². The fraction of sp³-hybridized carbons (Fsp3) is 0.385. The molecule has 3 rings (SSSR count). The number of rotatable bonds is 11. The van der Waals surface area contributed by atoms with Gasteiger partial charge in [-0.2, -0.15) is 13.1 Å². The van der Waals surface area contributed by atoms with Gasteiger partial charge >= 0.3 is 5.97 Å². The number of hydrogen-bond donors (Lipinski definition) is 3. The first-order valence-corrected chi connectivity index (χ1v) is 14.6. The molecule has 1 unspecified atom stereocenters. The molecule has 0 saturated carbocycles. The molecular weight excluding hydrogens is 532 g/mol. The van der Waals surface area contributed by atoms with Crippen LogP contribution in [-0.4, -0.2) is 38.1 Å². The van der Waals surface area contributed by atoms with Gasteiger partial charge in [0.2, 0.25) is 0 Å². The van der Waals surface area contributed by atoms with Crippen molar-refractivity contribution in [3.63, 3.8) is 0 Å². The van der Waals surface area contributed by atoms with Crippen LogP contribution in [0.3, 0.4) is 0 Å². The molecule has 0 aliphatic heterocycles. The summed E-state index contributed by atoms with van der Waals surface area (Å²) in [7, 11) is -3.69. The topological polar surface area (TPSA) is 123 Å². The highest BCUT2D eigenvalue weighted by Crippen LogP contribution is 2.38. The molecule has 0 aliphatic carbocycles. The molecule has 1 atom stereocenters. The van der Waals surface area contributed by atoms with E-state index in [0.717, 1.165) is 27.3 Å². The van der Waals surface area contributed by atoms with Crippen LogP contribution in [0.1, 0.15) is 46.7 Å². The van der Waals surface area contributed by atoms with Gasteiger partial charge in [0, 0.05) is 33.8 Å². The molecule has 200 valence electrons. The predicted molar refractivity (Wildman–Crippen MR) is 151 cm³/mol. The smallest absolute Gasteiger partial charge is 0.322 e. The molecule has 0 saturated heterocycles. The van der Waals surface area contributed by atoms with Gasteiger partial charge in [-0.15, -0.1) is 11.3 Å². The van der Waals surface area contributed by atoms with Gasteiger partial charge in [0.25, 0.3) is 10.2 Å². The first kappa shape index (κ1) is 29.1. The Hall–Kier alpha value is -2.50. The Morgan fingerprint density at radius 3 is 2.57 bits per heavy atom. The zero-order valence-electron chi connectivity index (χ0n) is 21.5. The molecule has 2 heterocycles. The number of ether oxygens (including phenoxy) is 1. The van der Waals surface area contributed by atoms with Gasteiger partial charge in [-0.25, -0.2) is 0 Å². The molecule has 0 radical (unpaired) electrons. The van der Waals surface area contributed by atoms with E-state index in [1.165, 1.54) is 11.3 Å². The van der Waals surface area contributed by atoms with Crippen LogP contribution >= 0.6 is 22.9 Å². The fourth-order valence-electron chi connectivity index (χ4n) is 3.48. The maximum absolute atomic E-state index is 12.2. The van der Waals surface area contributed by atoms with E-state index in [9.17, 15) is 13.2 Å². The number of benzene rings is 1. The lowest BCUT2D eigenvalue weighted by Gasteiger charge is -2.24.